The van der Waals surface area contributed by atoms with Crippen LogP contribution in [0.1, 0.15) is 33.1 Å². The van der Waals surface area contributed by atoms with Crippen molar-refractivity contribution in [3.63, 3.8) is 0 Å². The molecule has 0 radical (unpaired) electrons. The van der Waals surface area contributed by atoms with E-state index in [9.17, 15) is 0 Å². The standard InChI is InChI=1S/C11H23NO/c1-4-5-10-8-12-7-6-11(10,2)9-13-3/h10,12H,4-9H2,1-3H3. The van der Waals surface area contributed by atoms with E-state index in [2.05, 4.69) is 19.2 Å². The van der Waals surface area contributed by atoms with Crippen molar-refractivity contribution < 1.29 is 4.74 Å². The number of ether oxygens (including phenoxy) is 1. The highest BCUT2D eigenvalue weighted by atomic mass is 16.5. The lowest BCUT2D eigenvalue weighted by atomic mass is 9.71. The quantitative estimate of drug-likeness (QED) is 0.724. The van der Waals surface area contributed by atoms with Gasteiger partial charge in [0.2, 0.25) is 0 Å². The van der Waals surface area contributed by atoms with Gasteiger partial charge in [-0.15, -0.1) is 0 Å². The maximum Gasteiger partial charge on any atom is 0.0519 e. The van der Waals surface area contributed by atoms with E-state index >= 15 is 0 Å². The van der Waals surface area contributed by atoms with Gasteiger partial charge in [0.05, 0.1) is 6.61 Å². The van der Waals surface area contributed by atoms with Gasteiger partial charge in [-0.05, 0) is 37.3 Å². The third kappa shape index (κ3) is 2.68. The van der Waals surface area contributed by atoms with E-state index in [1.54, 1.807) is 0 Å². The highest BCUT2D eigenvalue weighted by Crippen LogP contribution is 2.36. The first-order chi connectivity index (χ1) is 6.23. The van der Waals surface area contributed by atoms with Crippen LogP contribution in [0.5, 0.6) is 0 Å². The molecule has 0 saturated carbocycles. The van der Waals surface area contributed by atoms with Crippen LogP contribution in [-0.4, -0.2) is 26.8 Å². The fourth-order valence-electron chi connectivity index (χ4n) is 2.42. The molecule has 1 saturated heterocycles. The monoisotopic (exact) mass is 185 g/mol. The first-order valence-electron chi connectivity index (χ1n) is 5.42. The smallest absolute Gasteiger partial charge is 0.0519 e. The Morgan fingerprint density at radius 1 is 1.54 bits per heavy atom. The normalized spacial score (nSPS) is 34.8. The zero-order valence-electron chi connectivity index (χ0n) is 9.23. The predicted octanol–water partition coefficient (Wildman–Crippen LogP) is 2.05. The van der Waals surface area contributed by atoms with Gasteiger partial charge in [0.1, 0.15) is 0 Å². The minimum atomic E-state index is 0.413. The molecule has 0 aromatic heterocycles. The van der Waals surface area contributed by atoms with Gasteiger partial charge < -0.3 is 10.1 Å². The van der Waals surface area contributed by atoms with Crippen LogP contribution < -0.4 is 5.32 Å². The summed E-state index contributed by atoms with van der Waals surface area (Å²) in [5.41, 5.74) is 0.413. The summed E-state index contributed by atoms with van der Waals surface area (Å²) < 4.78 is 5.33. The van der Waals surface area contributed by atoms with Crippen LogP contribution in [0.25, 0.3) is 0 Å². The van der Waals surface area contributed by atoms with Gasteiger partial charge in [-0.2, -0.15) is 0 Å². The topological polar surface area (TPSA) is 21.3 Å². The highest BCUT2D eigenvalue weighted by molar-refractivity contribution is 4.87. The summed E-state index contributed by atoms with van der Waals surface area (Å²) in [5.74, 6) is 0.797. The average Bonchev–Trinajstić information content (AvgIpc) is 2.10. The second-order valence-corrected chi connectivity index (χ2v) is 4.53. The van der Waals surface area contributed by atoms with Crippen molar-refractivity contribution in [3.8, 4) is 0 Å². The Labute approximate surface area is 82.0 Å². The number of hydrogen-bond acceptors (Lipinski definition) is 2. The molecule has 13 heavy (non-hydrogen) atoms. The van der Waals surface area contributed by atoms with Crippen LogP contribution >= 0.6 is 0 Å². The van der Waals surface area contributed by atoms with Crippen molar-refractivity contribution in [2.45, 2.75) is 33.1 Å². The molecule has 1 N–H and O–H groups in total. The molecule has 1 aliphatic rings. The summed E-state index contributed by atoms with van der Waals surface area (Å²) in [7, 11) is 1.82. The van der Waals surface area contributed by atoms with Crippen LogP contribution in [0.2, 0.25) is 0 Å². The number of hydrogen-bond donors (Lipinski definition) is 1. The van der Waals surface area contributed by atoms with Crippen LogP contribution in [0.3, 0.4) is 0 Å². The number of rotatable bonds is 4. The van der Waals surface area contributed by atoms with Gasteiger partial charge in [-0.1, -0.05) is 20.3 Å². The second-order valence-electron chi connectivity index (χ2n) is 4.53. The van der Waals surface area contributed by atoms with Gasteiger partial charge in [0.15, 0.2) is 0 Å². The molecule has 78 valence electrons. The SMILES string of the molecule is CCCC1CNCCC1(C)COC. The summed E-state index contributed by atoms with van der Waals surface area (Å²) in [4.78, 5) is 0. The minimum absolute atomic E-state index is 0.413. The Balaban J connectivity index is 2.54. The Kier molecular flexibility index (Phi) is 4.20. The van der Waals surface area contributed by atoms with Crippen LogP contribution in [0.15, 0.2) is 0 Å². The first kappa shape index (κ1) is 11.0. The molecule has 2 heteroatoms. The molecule has 0 aromatic rings. The van der Waals surface area contributed by atoms with E-state index in [0.29, 0.717) is 5.41 Å². The Morgan fingerprint density at radius 3 is 2.92 bits per heavy atom. The van der Waals surface area contributed by atoms with Crippen molar-refractivity contribution in [3.05, 3.63) is 0 Å². The fourth-order valence-corrected chi connectivity index (χ4v) is 2.42. The third-order valence-corrected chi connectivity index (χ3v) is 3.36. The molecule has 2 unspecified atom stereocenters. The molecule has 0 bridgehead atoms. The van der Waals surface area contributed by atoms with Crippen molar-refractivity contribution in [2.75, 3.05) is 26.8 Å². The summed E-state index contributed by atoms with van der Waals surface area (Å²) in [6.45, 7) is 7.88. The molecule has 1 fully saturated rings. The van der Waals surface area contributed by atoms with Crippen molar-refractivity contribution in [1.29, 1.82) is 0 Å². The van der Waals surface area contributed by atoms with E-state index in [-0.39, 0.29) is 0 Å². The lowest BCUT2D eigenvalue weighted by Crippen LogP contribution is -2.45. The zero-order chi connectivity index (χ0) is 9.73. The van der Waals surface area contributed by atoms with Gasteiger partial charge in [0, 0.05) is 7.11 Å². The molecule has 1 heterocycles. The van der Waals surface area contributed by atoms with Gasteiger partial charge in [0.25, 0.3) is 0 Å². The Bertz CT molecular complexity index is 143. The molecule has 2 nitrogen and oxygen atoms in total. The van der Waals surface area contributed by atoms with Crippen molar-refractivity contribution in [2.24, 2.45) is 11.3 Å². The van der Waals surface area contributed by atoms with E-state index in [4.69, 9.17) is 4.74 Å². The van der Waals surface area contributed by atoms with E-state index in [1.807, 2.05) is 7.11 Å². The van der Waals surface area contributed by atoms with Crippen LogP contribution in [0, 0.1) is 11.3 Å². The summed E-state index contributed by atoms with van der Waals surface area (Å²) in [6, 6.07) is 0. The zero-order valence-corrected chi connectivity index (χ0v) is 9.23. The maximum absolute atomic E-state index is 5.33. The average molecular weight is 185 g/mol. The largest absolute Gasteiger partial charge is 0.384 e. The molecular weight excluding hydrogens is 162 g/mol. The third-order valence-electron chi connectivity index (χ3n) is 3.36. The molecular formula is C11H23NO. The fraction of sp³-hybridized carbons (Fsp3) is 1.00. The number of piperidine rings is 1. The predicted molar refractivity (Wildman–Crippen MR) is 55.9 cm³/mol. The molecule has 0 amide bonds. The number of nitrogens with one attached hydrogen (secondary N) is 1. The van der Waals surface area contributed by atoms with E-state index < -0.39 is 0 Å². The molecule has 0 aliphatic carbocycles. The van der Waals surface area contributed by atoms with Crippen LogP contribution in [-0.2, 0) is 4.74 Å². The second kappa shape index (κ2) is 4.97. The van der Waals surface area contributed by atoms with E-state index in [0.717, 1.165) is 19.1 Å². The van der Waals surface area contributed by atoms with Gasteiger partial charge >= 0.3 is 0 Å². The maximum atomic E-state index is 5.33. The molecule has 0 aromatic carbocycles. The van der Waals surface area contributed by atoms with Gasteiger partial charge in [-0.25, -0.2) is 0 Å². The molecule has 0 spiro atoms. The van der Waals surface area contributed by atoms with Gasteiger partial charge in [-0.3, -0.25) is 0 Å². The number of methoxy groups -OCH3 is 1. The molecule has 1 aliphatic heterocycles. The summed E-state index contributed by atoms with van der Waals surface area (Å²) >= 11 is 0. The van der Waals surface area contributed by atoms with E-state index in [1.165, 1.54) is 25.8 Å². The van der Waals surface area contributed by atoms with Crippen molar-refractivity contribution in [1.82, 2.24) is 5.32 Å². The van der Waals surface area contributed by atoms with Crippen molar-refractivity contribution >= 4 is 0 Å². The Hall–Kier alpha value is -0.0800. The summed E-state index contributed by atoms with van der Waals surface area (Å²) in [6.07, 6.45) is 3.87. The minimum Gasteiger partial charge on any atom is -0.384 e. The molecule has 1 rings (SSSR count). The summed E-state index contributed by atoms with van der Waals surface area (Å²) in [5, 5.41) is 3.48. The lowest BCUT2D eigenvalue weighted by Gasteiger charge is -2.41. The first-order valence-corrected chi connectivity index (χ1v) is 5.42. The highest BCUT2D eigenvalue weighted by Gasteiger charge is 2.35. The lowest BCUT2D eigenvalue weighted by molar-refractivity contribution is 0.0194. The Morgan fingerprint density at radius 2 is 2.31 bits per heavy atom. The molecule has 2 atom stereocenters. The van der Waals surface area contributed by atoms with Crippen LogP contribution in [0.4, 0.5) is 0 Å².